The molecule has 3 rings (SSSR count). The molecule has 0 saturated heterocycles. The topological polar surface area (TPSA) is 179 Å². The summed E-state index contributed by atoms with van der Waals surface area (Å²) in [6, 6.07) is 17.4. The zero-order valence-corrected chi connectivity index (χ0v) is 29.9. The van der Waals surface area contributed by atoms with E-state index in [1.807, 2.05) is 87.5 Å². The first-order valence-electron chi connectivity index (χ1n) is 16.6. The van der Waals surface area contributed by atoms with Crippen molar-refractivity contribution in [1.82, 2.24) is 26.3 Å². The number of carboxylic acid groups (broad SMARTS) is 1. The number of hydrogen-bond acceptors (Lipinski definition) is 7. The van der Waals surface area contributed by atoms with Gasteiger partial charge >= 0.3 is 12.2 Å². The summed E-state index contributed by atoms with van der Waals surface area (Å²) in [6.07, 6.45) is 0.793. The summed E-state index contributed by atoms with van der Waals surface area (Å²) in [6.45, 7) is 10.7. The Labute approximate surface area is 294 Å². The molecule has 0 aliphatic heterocycles. The fourth-order valence-corrected chi connectivity index (χ4v) is 5.65. The van der Waals surface area contributed by atoms with E-state index in [0.717, 1.165) is 22.3 Å². The van der Waals surface area contributed by atoms with Gasteiger partial charge in [0.25, 0.3) is 0 Å². The zero-order chi connectivity index (χ0) is 37.1. The highest BCUT2D eigenvalue weighted by Gasteiger charge is 2.37. The molecule has 270 valence electrons. The Morgan fingerprint density at radius 2 is 1.30 bits per heavy atom. The first-order chi connectivity index (χ1) is 23.5. The largest absolute Gasteiger partial charge is 0.465 e. The number of methoxy groups -OCH3 is 1. The lowest BCUT2D eigenvalue weighted by molar-refractivity contribution is -0.128. The van der Waals surface area contributed by atoms with Crippen molar-refractivity contribution in [3.05, 3.63) is 90.3 Å². The molecule has 3 aromatic rings. The fraction of sp³-hybridized carbons (Fsp3) is 0.447. The smallest absolute Gasteiger partial charge is 0.407 e. The number of nitrogens with zero attached hydrogens (tertiary/aromatic N) is 1. The van der Waals surface area contributed by atoms with Crippen molar-refractivity contribution >= 4 is 24.0 Å². The molecule has 0 fully saturated rings. The van der Waals surface area contributed by atoms with Crippen LogP contribution in [0.2, 0.25) is 0 Å². The number of carbonyl (C=O) groups excluding carboxylic acids is 3. The Hall–Kier alpha value is -4.97. The highest BCUT2D eigenvalue weighted by molar-refractivity contribution is 5.87. The second-order valence-electron chi connectivity index (χ2n) is 14.6. The SMILES string of the molecule is COC(=O)N[C@H](C(=O)N[C@@H](Cc1ccc(-c2cccnc2)cc1)CC(O)C(Cc1ccccc1)NC(=O)[C@@H](NC(=O)O)C(C)(C)C)C(C)(C)C. The molecule has 5 atom stereocenters. The Balaban J connectivity index is 1.95. The number of aliphatic hydroxyl groups is 1. The van der Waals surface area contributed by atoms with Crippen LogP contribution in [0, 0.1) is 10.8 Å². The number of nitrogens with one attached hydrogen (secondary N) is 4. The highest BCUT2D eigenvalue weighted by Crippen LogP contribution is 2.24. The van der Waals surface area contributed by atoms with Crippen molar-refractivity contribution in [3.8, 4) is 11.1 Å². The molecule has 1 heterocycles. The molecular formula is C38H51N5O7. The van der Waals surface area contributed by atoms with E-state index >= 15 is 0 Å². The van der Waals surface area contributed by atoms with Crippen molar-refractivity contribution < 1.29 is 34.1 Å². The van der Waals surface area contributed by atoms with E-state index in [0.29, 0.717) is 6.42 Å². The summed E-state index contributed by atoms with van der Waals surface area (Å²) in [7, 11) is 1.22. The van der Waals surface area contributed by atoms with Crippen LogP contribution >= 0.6 is 0 Å². The average molecular weight is 690 g/mol. The van der Waals surface area contributed by atoms with Crippen molar-refractivity contribution in [2.24, 2.45) is 10.8 Å². The van der Waals surface area contributed by atoms with E-state index in [4.69, 9.17) is 4.74 Å². The average Bonchev–Trinajstić information content (AvgIpc) is 3.05. The van der Waals surface area contributed by atoms with E-state index in [1.54, 1.807) is 33.2 Å². The summed E-state index contributed by atoms with van der Waals surface area (Å²) in [5.41, 5.74) is 2.19. The van der Waals surface area contributed by atoms with Gasteiger partial charge in [0, 0.05) is 18.4 Å². The summed E-state index contributed by atoms with van der Waals surface area (Å²) >= 11 is 0. The lowest BCUT2D eigenvalue weighted by Gasteiger charge is -2.34. The Morgan fingerprint density at radius 1 is 0.720 bits per heavy atom. The van der Waals surface area contributed by atoms with Crippen molar-refractivity contribution in [1.29, 1.82) is 0 Å². The minimum atomic E-state index is -1.34. The van der Waals surface area contributed by atoms with Gasteiger partial charge in [-0.2, -0.15) is 0 Å². The Kier molecular flexibility index (Phi) is 13.9. The molecule has 50 heavy (non-hydrogen) atoms. The zero-order valence-electron chi connectivity index (χ0n) is 29.9. The summed E-state index contributed by atoms with van der Waals surface area (Å²) in [4.78, 5) is 55.4. The third kappa shape index (κ3) is 12.2. The number of aromatic nitrogens is 1. The first-order valence-corrected chi connectivity index (χ1v) is 16.6. The molecule has 12 heteroatoms. The lowest BCUT2D eigenvalue weighted by atomic mass is 9.85. The van der Waals surface area contributed by atoms with Crippen LogP contribution in [-0.2, 0) is 27.2 Å². The third-order valence-electron chi connectivity index (χ3n) is 8.37. The van der Waals surface area contributed by atoms with Gasteiger partial charge in [0.05, 0.1) is 19.3 Å². The number of benzene rings is 2. The number of ether oxygens (including phenoxy) is 1. The van der Waals surface area contributed by atoms with Gasteiger partial charge in [-0.1, -0.05) is 102 Å². The molecule has 0 aliphatic carbocycles. The predicted molar refractivity (Wildman–Crippen MR) is 191 cm³/mol. The Morgan fingerprint density at radius 3 is 1.84 bits per heavy atom. The van der Waals surface area contributed by atoms with Crippen LogP contribution in [0.4, 0.5) is 9.59 Å². The van der Waals surface area contributed by atoms with Crippen LogP contribution in [0.15, 0.2) is 79.1 Å². The van der Waals surface area contributed by atoms with Crippen LogP contribution in [0.5, 0.6) is 0 Å². The maximum absolute atomic E-state index is 13.8. The highest BCUT2D eigenvalue weighted by atomic mass is 16.5. The van der Waals surface area contributed by atoms with E-state index in [2.05, 4.69) is 26.3 Å². The van der Waals surface area contributed by atoms with Crippen LogP contribution in [0.25, 0.3) is 11.1 Å². The van der Waals surface area contributed by atoms with Crippen molar-refractivity contribution in [3.63, 3.8) is 0 Å². The Bertz CT molecular complexity index is 1550. The first kappa shape index (κ1) is 39.5. The number of alkyl carbamates (subject to hydrolysis) is 1. The number of carbonyl (C=O) groups is 4. The molecule has 12 nitrogen and oxygen atoms in total. The molecule has 0 radical (unpaired) electrons. The second kappa shape index (κ2) is 17.6. The standard InChI is InChI=1S/C38H51N5O7/c1-37(2,3)31(42-35(47)48)34(46)41-29(21-24-12-9-8-10-13-24)30(44)22-28(40-33(45)32(38(4,5)6)43-36(49)50-7)20-25-15-17-26(18-16-25)27-14-11-19-39-23-27/h8-19,23,28-32,42,44H,20-22H2,1-7H3,(H,40,45)(H,41,46)(H,43,49)(H,47,48)/t28-,29?,30?,31+,32+/m0/s1. The maximum Gasteiger partial charge on any atom is 0.407 e. The summed E-state index contributed by atoms with van der Waals surface area (Å²) in [5.74, 6) is -1.05. The molecule has 0 aliphatic rings. The van der Waals surface area contributed by atoms with Gasteiger partial charge in [0.15, 0.2) is 0 Å². The predicted octanol–water partition coefficient (Wildman–Crippen LogP) is 4.71. The van der Waals surface area contributed by atoms with Crippen molar-refractivity contribution in [2.75, 3.05) is 7.11 Å². The quantitative estimate of drug-likeness (QED) is 0.141. The van der Waals surface area contributed by atoms with Gasteiger partial charge in [0.2, 0.25) is 11.8 Å². The van der Waals surface area contributed by atoms with Gasteiger partial charge in [0.1, 0.15) is 12.1 Å². The second-order valence-corrected chi connectivity index (χ2v) is 14.6. The molecule has 2 aromatic carbocycles. The van der Waals surface area contributed by atoms with Gasteiger partial charge in [-0.15, -0.1) is 0 Å². The summed E-state index contributed by atoms with van der Waals surface area (Å²) in [5, 5.41) is 32.2. The number of amides is 4. The van der Waals surface area contributed by atoms with Crippen LogP contribution in [-0.4, -0.2) is 76.6 Å². The van der Waals surface area contributed by atoms with Crippen LogP contribution in [0.1, 0.15) is 59.1 Å². The monoisotopic (exact) mass is 689 g/mol. The van der Waals surface area contributed by atoms with Crippen molar-refractivity contribution in [2.45, 2.75) is 91.1 Å². The fourth-order valence-electron chi connectivity index (χ4n) is 5.65. The normalized spacial score (nSPS) is 14.6. The molecular weight excluding hydrogens is 638 g/mol. The van der Waals surface area contributed by atoms with Gasteiger partial charge in [-0.3, -0.25) is 14.6 Å². The molecule has 0 bridgehead atoms. The molecule has 2 unspecified atom stereocenters. The number of rotatable bonds is 14. The molecule has 0 spiro atoms. The van der Waals surface area contributed by atoms with E-state index < -0.39 is 65.1 Å². The van der Waals surface area contributed by atoms with Crippen LogP contribution < -0.4 is 21.3 Å². The van der Waals surface area contributed by atoms with E-state index in [-0.39, 0.29) is 12.8 Å². The number of aliphatic hydroxyl groups excluding tert-OH is 1. The summed E-state index contributed by atoms with van der Waals surface area (Å²) < 4.78 is 4.77. The number of pyridine rings is 1. The van der Waals surface area contributed by atoms with Gasteiger partial charge in [-0.25, -0.2) is 9.59 Å². The molecule has 6 N–H and O–H groups in total. The van der Waals surface area contributed by atoms with Crippen LogP contribution in [0.3, 0.4) is 0 Å². The lowest BCUT2D eigenvalue weighted by Crippen LogP contribution is -2.58. The molecule has 1 aromatic heterocycles. The minimum Gasteiger partial charge on any atom is -0.465 e. The minimum absolute atomic E-state index is 0.0233. The van der Waals surface area contributed by atoms with Gasteiger partial charge < -0.3 is 36.2 Å². The molecule has 0 saturated carbocycles. The van der Waals surface area contributed by atoms with E-state index in [1.165, 1.54) is 7.11 Å². The maximum atomic E-state index is 13.8. The molecule has 4 amide bonds. The number of hydrogen-bond donors (Lipinski definition) is 6. The van der Waals surface area contributed by atoms with Gasteiger partial charge in [-0.05, 0) is 58.4 Å². The van der Waals surface area contributed by atoms with E-state index in [9.17, 15) is 29.4 Å². The third-order valence-corrected chi connectivity index (χ3v) is 8.37.